The number of methoxy groups -OCH3 is 1. The number of hydrogen-bond acceptors (Lipinski definition) is 3. The maximum Gasteiger partial charge on any atom is 0.321 e. The second-order valence-electron chi connectivity index (χ2n) is 2.80. The zero-order chi connectivity index (χ0) is 11.3. The molecule has 1 aromatic carbocycles. The van der Waals surface area contributed by atoms with Crippen LogP contribution in [0, 0.1) is 0 Å². The van der Waals surface area contributed by atoms with E-state index in [-0.39, 0.29) is 12.8 Å². The number of nitrogens with one attached hydrogen (secondary N) is 2. The maximum absolute atomic E-state index is 11.2. The fourth-order valence-corrected chi connectivity index (χ4v) is 1.10. The van der Waals surface area contributed by atoms with Crippen molar-refractivity contribution in [3.8, 4) is 0 Å². The van der Waals surface area contributed by atoms with Crippen molar-refractivity contribution >= 4 is 29.0 Å². The Hall–Kier alpha value is -1.46. The molecule has 0 aliphatic carbocycles. The van der Waals surface area contributed by atoms with Gasteiger partial charge in [-0.15, -0.1) is 0 Å². The van der Waals surface area contributed by atoms with Crippen molar-refractivity contribution in [1.29, 1.82) is 0 Å². The van der Waals surface area contributed by atoms with Crippen molar-refractivity contribution in [2.24, 2.45) is 0 Å². The predicted octanol–water partition coefficient (Wildman–Crippen LogP) is 1.65. The lowest BCUT2D eigenvalue weighted by Gasteiger charge is -2.07. The third-order valence-corrected chi connectivity index (χ3v) is 1.96. The van der Waals surface area contributed by atoms with E-state index in [1.807, 2.05) is 0 Å². The van der Waals surface area contributed by atoms with Gasteiger partial charge < -0.3 is 21.1 Å². The average molecular weight is 230 g/mol. The summed E-state index contributed by atoms with van der Waals surface area (Å²) in [5.74, 6) is 0. The lowest BCUT2D eigenvalue weighted by Crippen LogP contribution is -2.30. The number of rotatable bonds is 3. The summed E-state index contributed by atoms with van der Waals surface area (Å²) < 4.78 is 4.68. The molecule has 0 fully saturated rings. The number of amides is 2. The van der Waals surface area contributed by atoms with Gasteiger partial charge in [0.1, 0.15) is 6.73 Å². The van der Waals surface area contributed by atoms with Crippen LogP contribution in [-0.2, 0) is 4.74 Å². The van der Waals surface area contributed by atoms with E-state index in [0.29, 0.717) is 16.4 Å². The van der Waals surface area contributed by atoms with E-state index in [4.69, 9.17) is 17.3 Å². The van der Waals surface area contributed by atoms with Gasteiger partial charge >= 0.3 is 6.03 Å². The van der Waals surface area contributed by atoms with Crippen LogP contribution in [0.25, 0.3) is 0 Å². The number of hydrogen-bond donors (Lipinski definition) is 3. The van der Waals surface area contributed by atoms with E-state index in [1.54, 1.807) is 18.2 Å². The number of nitrogens with two attached hydrogens (primary N) is 1. The lowest BCUT2D eigenvalue weighted by atomic mass is 10.3. The normalized spacial score (nSPS) is 9.73. The van der Waals surface area contributed by atoms with Crippen molar-refractivity contribution in [3.05, 3.63) is 23.2 Å². The third-order valence-electron chi connectivity index (χ3n) is 1.64. The molecule has 0 aromatic heterocycles. The third kappa shape index (κ3) is 3.65. The molecular weight excluding hydrogens is 218 g/mol. The van der Waals surface area contributed by atoms with Crippen LogP contribution in [0.5, 0.6) is 0 Å². The summed E-state index contributed by atoms with van der Waals surface area (Å²) in [6.45, 7) is 0.147. The van der Waals surface area contributed by atoms with Gasteiger partial charge in [0.2, 0.25) is 0 Å². The highest BCUT2D eigenvalue weighted by Crippen LogP contribution is 2.22. The van der Waals surface area contributed by atoms with Crippen molar-refractivity contribution in [2.45, 2.75) is 0 Å². The van der Waals surface area contributed by atoms with Gasteiger partial charge in [-0.1, -0.05) is 11.6 Å². The van der Waals surface area contributed by atoms with Crippen LogP contribution >= 0.6 is 11.6 Å². The Kier molecular flexibility index (Phi) is 4.20. The smallest absolute Gasteiger partial charge is 0.321 e. The van der Waals surface area contributed by atoms with Gasteiger partial charge in [0.25, 0.3) is 0 Å². The Morgan fingerprint density at radius 3 is 2.93 bits per heavy atom. The molecule has 4 N–H and O–H groups in total. The molecule has 2 amide bonds. The second kappa shape index (κ2) is 5.43. The van der Waals surface area contributed by atoms with Gasteiger partial charge in [0.15, 0.2) is 0 Å². The van der Waals surface area contributed by atoms with Gasteiger partial charge in [-0.3, -0.25) is 0 Å². The van der Waals surface area contributed by atoms with Gasteiger partial charge in [0, 0.05) is 12.8 Å². The Morgan fingerprint density at radius 1 is 1.60 bits per heavy atom. The monoisotopic (exact) mass is 229 g/mol. The van der Waals surface area contributed by atoms with Crippen LogP contribution in [0.15, 0.2) is 18.2 Å². The maximum atomic E-state index is 11.2. The van der Waals surface area contributed by atoms with Crippen molar-refractivity contribution in [3.63, 3.8) is 0 Å². The highest BCUT2D eigenvalue weighted by molar-refractivity contribution is 6.33. The number of carbonyl (C=O) groups is 1. The molecule has 0 aliphatic heterocycles. The number of carbonyl (C=O) groups excluding carboxylic acids is 1. The van der Waals surface area contributed by atoms with E-state index in [2.05, 4.69) is 15.4 Å². The first-order chi connectivity index (χ1) is 7.13. The molecule has 0 saturated heterocycles. The van der Waals surface area contributed by atoms with Crippen LogP contribution in [-0.4, -0.2) is 19.9 Å². The minimum Gasteiger partial charge on any atom is -0.398 e. The van der Waals surface area contributed by atoms with E-state index in [1.165, 1.54) is 7.11 Å². The molecule has 0 saturated carbocycles. The summed E-state index contributed by atoms with van der Waals surface area (Å²) in [4.78, 5) is 11.2. The minimum atomic E-state index is -0.363. The van der Waals surface area contributed by atoms with E-state index in [9.17, 15) is 4.79 Å². The Balaban J connectivity index is 2.57. The standard InChI is InChI=1S/C9H12ClN3O2/c1-15-5-12-9(14)13-6-2-3-8(11)7(10)4-6/h2-4H,5,11H2,1H3,(H2,12,13,14). The highest BCUT2D eigenvalue weighted by atomic mass is 35.5. The first kappa shape index (κ1) is 11.6. The molecule has 15 heavy (non-hydrogen) atoms. The van der Waals surface area contributed by atoms with E-state index < -0.39 is 0 Å². The van der Waals surface area contributed by atoms with Crippen molar-refractivity contribution in [1.82, 2.24) is 5.32 Å². The zero-order valence-corrected chi connectivity index (χ0v) is 8.97. The SMILES string of the molecule is COCNC(=O)Nc1ccc(N)c(Cl)c1. The number of anilines is 2. The van der Waals surface area contributed by atoms with Crippen LogP contribution in [0.1, 0.15) is 0 Å². The van der Waals surface area contributed by atoms with Gasteiger partial charge in [0.05, 0.1) is 10.7 Å². The average Bonchev–Trinajstić information content (AvgIpc) is 2.20. The second-order valence-corrected chi connectivity index (χ2v) is 3.21. The Morgan fingerprint density at radius 2 is 2.33 bits per heavy atom. The number of nitrogen functional groups attached to an aromatic ring is 1. The lowest BCUT2D eigenvalue weighted by molar-refractivity contribution is 0.177. The highest BCUT2D eigenvalue weighted by Gasteiger charge is 2.02. The largest absolute Gasteiger partial charge is 0.398 e. The van der Waals surface area contributed by atoms with Gasteiger partial charge in [-0.25, -0.2) is 4.79 Å². The summed E-state index contributed by atoms with van der Waals surface area (Å²) in [6.07, 6.45) is 0. The fourth-order valence-electron chi connectivity index (χ4n) is 0.918. The van der Waals surface area contributed by atoms with Gasteiger partial charge in [-0.05, 0) is 18.2 Å². The zero-order valence-electron chi connectivity index (χ0n) is 8.21. The molecule has 1 aromatic rings. The molecule has 0 unspecified atom stereocenters. The molecule has 0 aliphatic rings. The van der Waals surface area contributed by atoms with Crippen LogP contribution < -0.4 is 16.4 Å². The molecule has 0 bridgehead atoms. The molecule has 0 atom stereocenters. The number of urea groups is 1. The summed E-state index contributed by atoms with van der Waals surface area (Å²) in [6, 6.07) is 4.49. The first-order valence-corrected chi connectivity index (χ1v) is 4.60. The molecule has 0 radical (unpaired) electrons. The molecule has 0 heterocycles. The molecule has 6 heteroatoms. The quantitative estimate of drug-likeness (QED) is 0.545. The van der Waals surface area contributed by atoms with Crippen molar-refractivity contribution in [2.75, 3.05) is 24.9 Å². The molecule has 5 nitrogen and oxygen atoms in total. The molecule has 0 spiro atoms. The van der Waals surface area contributed by atoms with Crippen molar-refractivity contribution < 1.29 is 9.53 Å². The van der Waals surface area contributed by atoms with Crippen LogP contribution in [0.2, 0.25) is 5.02 Å². The molecule has 82 valence electrons. The van der Waals surface area contributed by atoms with Crippen LogP contribution in [0.3, 0.4) is 0 Å². The predicted molar refractivity (Wildman–Crippen MR) is 59.9 cm³/mol. The molecular formula is C9H12ClN3O2. The Bertz CT molecular complexity index is 357. The minimum absolute atomic E-state index is 0.147. The summed E-state index contributed by atoms with van der Waals surface area (Å²) in [5.41, 5.74) is 6.56. The Labute approximate surface area is 92.5 Å². The summed E-state index contributed by atoms with van der Waals surface area (Å²) in [7, 11) is 1.49. The van der Waals surface area contributed by atoms with Gasteiger partial charge in [-0.2, -0.15) is 0 Å². The topological polar surface area (TPSA) is 76.4 Å². The number of benzene rings is 1. The number of halogens is 1. The number of ether oxygens (including phenoxy) is 1. The summed E-state index contributed by atoms with van der Waals surface area (Å²) in [5, 5.41) is 5.45. The van der Waals surface area contributed by atoms with Crippen LogP contribution in [0.4, 0.5) is 16.2 Å². The summed E-state index contributed by atoms with van der Waals surface area (Å²) >= 11 is 5.78. The molecule has 1 rings (SSSR count). The first-order valence-electron chi connectivity index (χ1n) is 4.22. The van der Waals surface area contributed by atoms with E-state index >= 15 is 0 Å². The fraction of sp³-hybridized carbons (Fsp3) is 0.222. The van der Waals surface area contributed by atoms with E-state index in [0.717, 1.165) is 0 Å².